The topological polar surface area (TPSA) is 73.1 Å². The molecule has 0 saturated heterocycles. The van der Waals surface area contributed by atoms with Crippen LogP contribution in [0.4, 0.5) is 5.82 Å². The Bertz CT molecular complexity index is 301. The Morgan fingerprint density at radius 2 is 2.29 bits per heavy atom. The summed E-state index contributed by atoms with van der Waals surface area (Å²) in [6.07, 6.45) is 1.50. The minimum Gasteiger partial charge on any atom is -0.491 e. The number of aromatic nitrogens is 2. The van der Waals surface area contributed by atoms with Crippen LogP contribution in [0.2, 0.25) is 0 Å². The molecule has 0 radical (unpaired) electrons. The number of nitrogens with one attached hydrogen (secondary N) is 1. The van der Waals surface area contributed by atoms with Gasteiger partial charge in [0.25, 0.3) is 0 Å². The second-order valence-corrected chi connectivity index (χ2v) is 3.20. The zero-order valence-corrected chi connectivity index (χ0v) is 8.74. The van der Waals surface area contributed by atoms with Gasteiger partial charge in [-0.3, -0.25) is 0 Å². The summed E-state index contributed by atoms with van der Waals surface area (Å²) in [7, 11) is 1.60. The van der Waals surface area contributed by atoms with Gasteiger partial charge < -0.3 is 15.8 Å². The highest BCUT2D eigenvalue weighted by atomic mass is 16.5. The molecule has 78 valence electrons. The zero-order valence-electron chi connectivity index (χ0n) is 8.74. The fourth-order valence-electron chi connectivity index (χ4n) is 1.09. The first-order valence-electron chi connectivity index (χ1n) is 4.50. The Balaban J connectivity index is 2.80. The van der Waals surface area contributed by atoms with E-state index in [9.17, 15) is 0 Å². The van der Waals surface area contributed by atoms with Crippen molar-refractivity contribution in [1.82, 2.24) is 9.97 Å². The molecule has 0 saturated carbocycles. The van der Waals surface area contributed by atoms with Crippen LogP contribution in [-0.2, 0) is 0 Å². The van der Waals surface area contributed by atoms with Crippen LogP contribution < -0.4 is 15.8 Å². The monoisotopic (exact) mass is 196 g/mol. The fourth-order valence-corrected chi connectivity index (χ4v) is 1.09. The van der Waals surface area contributed by atoms with Crippen LogP contribution in [0.3, 0.4) is 0 Å². The molecule has 5 heteroatoms. The van der Waals surface area contributed by atoms with Gasteiger partial charge in [0.1, 0.15) is 6.33 Å². The summed E-state index contributed by atoms with van der Waals surface area (Å²) in [5.41, 5.74) is 6.44. The number of hydrogen-bond acceptors (Lipinski definition) is 5. The minimum atomic E-state index is 0.0787. The number of anilines is 1. The van der Waals surface area contributed by atoms with Crippen LogP contribution >= 0.6 is 0 Å². The van der Waals surface area contributed by atoms with E-state index >= 15 is 0 Å². The second kappa shape index (κ2) is 4.76. The largest absolute Gasteiger partial charge is 0.491 e. The number of rotatable bonds is 4. The number of nitrogens with two attached hydrogens (primary N) is 1. The van der Waals surface area contributed by atoms with Gasteiger partial charge in [0.05, 0.1) is 12.8 Å². The molecule has 0 fully saturated rings. The average Bonchev–Trinajstić information content (AvgIpc) is 2.14. The lowest BCUT2D eigenvalue weighted by Gasteiger charge is -2.12. The standard InChI is InChI=1S/C9H16N4O/c1-6(10)4-11-9-8(14-3)7(2)12-5-13-9/h5-6H,4,10H2,1-3H3,(H,11,12,13). The Kier molecular flexibility index (Phi) is 3.64. The van der Waals surface area contributed by atoms with E-state index in [-0.39, 0.29) is 6.04 Å². The molecule has 1 rings (SSSR count). The number of ether oxygens (including phenoxy) is 1. The second-order valence-electron chi connectivity index (χ2n) is 3.20. The predicted molar refractivity (Wildman–Crippen MR) is 55.5 cm³/mol. The van der Waals surface area contributed by atoms with E-state index in [1.165, 1.54) is 6.33 Å². The molecule has 0 aliphatic carbocycles. The lowest BCUT2D eigenvalue weighted by Crippen LogP contribution is -2.25. The van der Waals surface area contributed by atoms with Gasteiger partial charge in [-0.05, 0) is 13.8 Å². The highest BCUT2D eigenvalue weighted by molar-refractivity contribution is 5.51. The number of nitrogens with zero attached hydrogens (tertiary/aromatic N) is 2. The molecule has 1 atom stereocenters. The molecule has 0 bridgehead atoms. The molecule has 5 nitrogen and oxygen atoms in total. The highest BCUT2D eigenvalue weighted by Crippen LogP contribution is 2.23. The zero-order chi connectivity index (χ0) is 10.6. The van der Waals surface area contributed by atoms with E-state index in [1.54, 1.807) is 7.11 Å². The molecule has 0 aliphatic heterocycles. The van der Waals surface area contributed by atoms with Crippen molar-refractivity contribution in [1.29, 1.82) is 0 Å². The van der Waals surface area contributed by atoms with E-state index in [0.29, 0.717) is 18.1 Å². The van der Waals surface area contributed by atoms with Crippen LogP contribution in [0.15, 0.2) is 6.33 Å². The Hall–Kier alpha value is -1.36. The van der Waals surface area contributed by atoms with Gasteiger partial charge in [-0.2, -0.15) is 0 Å². The molecule has 0 amide bonds. The molecular weight excluding hydrogens is 180 g/mol. The van der Waals surface area contributed by atoms with Crippen molar-refractivity contribution >= 4 is 5.82 Å². The van der Waals surface area contributed by atoms with Gasteiger partial charge in [0.15, 0.2) is 11.6 Å². The van der Waals surface area contributed by atoms with Crippen molar-refractivity contribution in [2.45, 2.75) is 19.9 Å². The summed E-state index contributed by atoms with van der Waals surface area (Å²) in [4.78, 5) is 8.11. The molecule has 1 unspecified atom stereocenters. The summed E-state index contributed by atoms with van der Waals surface area (Å²) in [5.74, 6) is 1.37. The number of hydrogen-bond donors (Lipinski definition) is 2. The summed E-state index contributed by atoms with van der Waals surface area (Å²) >= 11 is 0. The first-order valence-corrected chi connectivity index (χ1v) is 4.50. The van der Waals surface area contributed by atoms with Crippen LogP contribution in [0.25, 0.3) is 0 Å². The van der Waals surface area contributed by atoms with Crippen LogP contribution in [0.5, 0.6) is 5.75 Å². The predicted octanol–water partition coefficient (Wildman–Crippen LogP) is 0.553. The third-order valence-corrected chi connectivity index (χ3v) is 1.78. The molecule has 1 heterocycles. The normalized spacial score (nSPS) is 12.3. The summed E-state index contributed by atoms with van der Waals surface area (Å²) in [6, 6.07) is 0.0787. The van der Waals surface area contributed by atoms with Crippen LogP contribution in [0.1, 0.15) is 12.6 Å². The van der Waals surface area contributed by atoms with Crippen molar-refractivity contribution < 1.29 is 4.74 Å². The average molecular weight is 196 g/mol. The molecule has 14 heavy (non-hydrogen) atoms. The van der Waals surface area contributed by atoms with E-state index in [0.717, 1.165) is 5.69 Å². The van der Waals surface area contributed by atoms with Gasteiger partial charge >= 0.3 is 0 Å². The van der Waals surface area contributed by atoms with Crippen LogP contribution in [-0.4, -0.2) is 29.7 Å². The van der Waals surface area contributed by atoms with Crippen molar-refractivity contribution in [3.05, 3.63) is 12.0 Å². The van der Waals surface area contributed by atoms with Gasteiger partial charge in [0.2, 0.25) is 0 Å². The first-order chi connectivity index (χ1) is 6.65. The van der Waals surface area contributed by atoms with Gasteiger partial charge in [0, 0.05) is 12.6 Å². The third-order valence-electron chi connectivity index (χ3n) is 1.78. The summed E-state index contributed by atoms with van der Waals surface area (Å²) in [5, 5.41) is 3.10. The number of methoxy groups -OCH3 is 1. The fraction of sp³-hybridized carbons (Fsp3) is 0.556. The molecule has 1 aromatic rings. The highest BCUT2D eigenvalue weighted by Gasteiger charge is 2.07. The van der Waals surface area contributed by atoms with E-state index in [1.807, 2.05) is 13.8 Å². The van der Waals surface area contributed by atoms with Gasteiger partial charge in [-0.15, -0.1) is 0 Å². The van der Waals surface area contributed by atoms with Crippen molar-refractivity contribution in [2.75, 3.05) is 19.0 Å². The molecule has 3 N–H and O–H groups in total. The van der Waals surface area contributed by atoms with Crippen molar-refractivity contribution in [3.63, 3.8) is 0 Å². The molecule has 1 aromatic heterocycles. The Morgan fingerprint density at radius 3 is 2.86 bits per heavy atom. The molecule has 0 aliphatic rings. The van der Waals surface area contributed by atoms with Gasteiger partial charge in [-0.25, -0.2) is 9.97 Å². The summed E-state index contributed by atoms with van der Waals surface area (Å²) in [6.45, 7) is 4.46. The van der Waals surface area contributed by atoms with Crippen LogP contribution in [0, 0.1) is 6.92 Å². The van der Waals surface area contributed by atoms with Crippen molar-refractivity contribution in [3.8, 4) is 5.75 Å². The van der Waals surface area contributed by atoms with E-state index in [4.69, 9.17) is 10.5 Å². The number of aryl methyl sites for hydroxylation is 1. The Morgan fingerprint density at radius 1 is 1.57 bits per heavy atom. The first kappa shape index (κ1) is 10.7. The third kappa shape index (κ3) is 2.56. The van der Waals surface area contributed by atoms with Crippen molar-refractivity contribution in [2.24, 2.45) is 5.73 Å². The maximum Gasteiger partial charge on any atom is 0.182 e. The van der Waals surface area contributed by atoms with E-state index < -0.39 is 0 Å². The molecular formula is C9H16N4O. The molecule has 0 spiro atoms. The van der Waals surface area contributed by atoms with Gasteiger partial charge in [-0.1, -0.05) is 0 Å². The maximum atomic E-state index is 5.62. The maximum absolute atomic E-state index is 5.62. The lowest BCUT2D eigenvalue weighted by molar-refractivity contribution is 0.409. The lowest BCUT2D eigenvalue weighted by atomic mass is 10.3. The SMILES string of the molecule is COc1c(C)ncnc1NCC(C)N. The smallest absolute Gasteiger partial charge is 0.182 e. The van der Waals surface area contributed by atoms with E-state index in [2.05, 4.69) is 15.3 Å². The Labute approximate surface area is 83.7 Å². The minimum absolute atomic E-state index is 0.0787. The molecule has 0 aromatic carbocycles. The summed E-state index contributed by atoms with van der Waals surface area (Å²) < 4.78 is 5.18. The quantitative estimate of drug-likeness (QED) is 0.735.